The second-order valence-corrected chi connectivity index (χ2v) is 7.38. The van der Waals surface area contributed by atoms with Crippen LogP contribution in [0.25, 0.3) is 0 Å². The first kappa shape index (κ1) is 20.6. The molecule has 0 N–H and O–H groups in total. The zero-order valence-electron chi connectivity index (χ0n) is 16.9. The third-order valence-electron chi connectivity index (χ3n) is 5.30. The fraction of sp³-hybridized carbons (Fsp3) is 0.348. The summed E-state index contributed by atoms with van der Waals surface area (Å²) in [6.45, 7) is 8.60. The second-order valence-electron chi connectivity index (χ2n) is 7.38. The molecule has 1 aromatic carbocycles. The van der Waals surface area contributed by atoms with Crippen molar-refractivity contribution in [3.63, 3.8) is 0 Å². The summed E-state index contributed by atoms with van der Waals surface area (Å²) < 4.78 is 7.24. The number of likely N-dealkylation sites (tertiary alicyclic amines) is 1. The summed E-state index contributed by atoms with van der Waals surface area (Å²) in [6.07, 6.45) is 1.89. The van der Waals surface area contributed by atoms with Gasteiger partial charge >= 0.3 is 5.97 Å². The Morgan fingerprint density at radius 2 is 1.97 bits per heavy atom. The Balaban J connectivity index is 1.56. The summed E-state index contributed by atoms with van der Waals surface area (Å²) >= 11 is 0. The number of aromatic nitrogens is 1. The highest BCUT2D eigenvalue weighted by Gasteiger charge is 2.35. The van der Waals surface area contributed by atoms with E-state index < -0.39 is 11.9 Å². The van der Waals surface area contributed by atoms with Crippen molar-refractivity contribution in [3.8, 4) is 0 Å². The van der Waals surface area contributed by atoms with Gasteiger partial charge in [-0.05, 0) is 25.5 Å². The van der Waals surface area contributed by atoms with Crippen molar-refractivity contribution >= 4 is 17.7 Å². The summed E-state index contributed by atoms with van der Waals surface area (Å²) in [5.41, 5.74) is 3.34. The van der Waals surface area contributed by atoms with Crippen molar-refractivity contribution in [1.82, 2.24) is 9.47 Å². The Labute approximate surface area is 170 Å². The zero-order chi connectivity index (χ0) is 21.0. The van der Waals surface area contributed by atoms with Gasteiger partial charge in [0.15, 0.2) is 6.61 Å². The van der Waals surface area contributed by atoms with E-state index in [1.54, 1.807) is 17.0 Å². The third kappa shape index (κ3) is 4.65. The number of carbonyl (C=O) groups excluding carboxylic acids is 3. The van der Waals surface area contributed by atoms with E-state index in [0.717, 1.165) is 17.0 Å². The lowest BCUT2D eigenvalue weighted by Gasteiger charge is -2.16. The lowest BCUT2D eigenvalue weighted by molar-refractivity contribution is -0.147. The molecule has 1 amide bonds. The third-order valence-corrected chi connectivity index (χ3v) is 5.30. The van der Waals surface area contributed by atoms with Crippen LogP contribution in [0, 0.1) is 19.8 Å². The van der Waals surface area contributed by atoms with E-state index in [1.165, 1.54) is 0 Å². The summed E-state index contributed by atoms with van der Waals surface area (Å²) in [4.78, 5) is 38.8. The number of amides is 1. The first-order chi connectivity index (χ1) is 13.9. The molecule has 0 aliphatic carbocycles. The topological polar surface area (TPSA) is 68.6 Å². The molecule has 29 heavy (non-hydrogen) atoms. The number of nitrogens with zero attached hydrogens (tertiary/aromatic N) is 2. The number of carbonyl (C=O) groups is 3. The van der Waals surface area contributed by atoms with E-state index in [4.69, 9.17) is 4.74 Å². The number of hydrogen-bond donors (Lipinski definition) is 0. The normalized spacial score (nSPS) is 16.1. The van der Waals surface area contributed by atoms with Crippen LogP contribution in [0.5, 0.6) is 0 Å². The molecule has 152 valence electrons. The van der Waals surface area contributed by atoms with Gasteiger partial charge in [-0.1, -0.05) is 36.4 Å². The van der Waals surface area contributed by atoms with Crippen LogP contribution in [0.3, 0.4) is 0 Å². The fourth-order valence-electron chi connectivity index (χ4n) is 3.71. The van der Waals surface area contributed by atoms with Gasteiger partial charge in [-0.15, -0.1) is 6.58 Å². The number of benzene rings is 1. The van der Waals surface area contributed by atoms with Gasteiger partial charge < -0.3 is 14.2 Å². The highest BCUT2D eigenvalue weighted by Crippen LogP contribution is 2.22. The molecule has 0 unspecified atom stereocenters. The maximum Gasteiger partial charge on any atom is 0.311 e. The maximum atomic E-state index is 12.5. The van der Waals surface area contributed by atoms with E-state index in [2.05, 4.69) is 6.58 Å². The van der Waals surface area contributed by atoms with Crippen LogP contribution < -0.4 is 0 Å². The molecular formula is C23H26N2O4. The number of Topliss-reactive ketones (excluding diaryl/α,β-unsaturated/α-hetero) is 1. The highest BCUT2D eigenvalue weighted by molar-refractivity contribution is 5.99. The van der Waals surface area contributed by atoms with E-state index in [-0.39, 0.29) is 24.7 Å². The van der Waals surface area contributed by atoms with Gasteiger partial charge in [0.05, 0.1) is 5.92 Å². The number of aryl methyl sites for hydroxylation is 1. The molecule has 0 radical (unpaired) electrons. The Bertz CT molecular complexity index is 930. The number of hydrogen-bond acceptors (Lipinski definition) is 4. The highest BCUT2D eigenvalue weighted by atomic mass is 16.5. The quantitative estimate of drug-likeness (QED) is 0.392. The van der Waals surface area contributed by atoms with E-state index in [1.807, 2.05) is 48.7 Å². The smallest absolute Gasteiger partial charge is 0.311 e. The lowest BCUT2D eigenvalue weighted by Crippen LogP contribution is -2.27. The molecule has 0 bridgehead atoms. The molecule has 1 saturated heterocycles. The Morgan fingerprint density at radius 3 is 2.66 bits per heavy atom. The van der Waals surface area contributed by atoms with Crippen molar-refractivity contribution in [2.24, 2.45) is 5.92 Å². The van der Waals surface area contributed by atoms with Crippen LogP contribution in [0.4, 0.5) is 0 Å². The summed E-state index contributed by atoms with van der Waals surface area (Å²) in [6, 6.07) is 11.4. The van der Waals surface area contributed by atoms with Crippen LogP contribution >= 0.6 is 0 Å². The Morgan fingerprint density at radius 1 is 1.24 bits per heavy atom. The minimum absolute atomic E-state index is 0.0740. The molecule has 0 saturated carbocycles. The van der Waals surface area contributed by atoms with Crippen molar-refractivity contribution in [2.75, 3.05) is 13.2 Å². The van der Waals surface area contributed by atoms with E-state index in [9.17, 15) is 14.4 Å². The molecular weight excluding hydrogens is 368 g/mol. The van der Waals surface area contributed by atoms with Crippen molar-refractivity contribution < 1.29 is 19.1 Å². The standard InChI is InChI=1S/C23H26N2O4/c1-4-10-25-16(2)11-20(17(25)3)21(26)15-29-23(28)19-12-22(27)24(14-19)13-18-8-6-5-7-9-18/h4-9,11,19H,1,10,12-15H2,2-3H3/t19-/m1/s1. The first-order valence-corrected chi connectivity index (χ1v) is 9.70. The average molecular weight is 394 g/mol. The average Bonchev–Trinajstić information content (AvgIpc) is 3.21. The van der Waals surface area contributed by atoms with Gasteiger partial charge in [-0.2, -0.15) is 0 Å². The number of rotatable bonds is 8. The van der Waals surface area contributed by atoms with Crippen molar-refractivity contribution in [1.29, 1.82) is 0 Å². The second kappa shape index (κ2) is 8.90. The molecule has 1 aromatic heterocycles. The zero-order valence-corrected chi connectivity index (χ0v) is 16.9. The molecule has 1 atom stereocenters. The summed E-state index contributed by atoms with van der Waals surface area (Å²) in [7, 11) is 0. The minimum Gasteiger partial charge on any atom is -0.457 e. The maximum absolute atomic E-state index is 12.5. The van der Waals surface area contributed by atoms with Gasteiger partial charge in [-0.3, -0.25) is 14.4 Å². The molecule has 1 fully saturated rings. The molecule has 0 spiro atoms. The molecule has 6 heteroatoms. The van der Waals surface area contributed by atoms with Crippen LogP contribution in [0.2, 0.25) is 0 Å². The molecule has 2 heterocycles. The molecule has 2 aromatic rings. The Kier molecular flexibility index (Phi) is 6.32. The number of ketones is 1. The van der Waals surface area contributed by atoms with Crippen LogP contribution in [-0.4, -0.2) is 40.3 Å². The number of allylic oxidation sites excluding steroid dienone is 1. The van der Waals surface area contributed by atoms with Gasteiger partial charge in [0, 0.05) is 43.0 Å². The SMILES string of the molecule is C=CCn1c(C)cc(C(=O)COC(=O)[C@@H]2CC(=O)N(Cc3ccccc3)C2)c1C. The lowest BCUT2D eigenvalue weighted by atomic mass is 10.1. The largest absolute Gasteiger partial charge is 0.457 e. The van der Waals surface area contributed by atoms with Gasteiger partial charge in [0.2, 0.25) is 11.7 Å². The van der Waals surface area contributed by atoms with Crippen molar-refractivity contribution in [2.45, 2.75) is 33.4 Å². The van der Waals surface area contributed by atoms with E-state index >= 15 is 0 Å². The predicted octanol–water partition coefficient (Wildman–Crippen LogP) is 3.07. The monoisotopic (exact) mass is 394 g/mol. The van der Waals surface area contributed by atoms with Crippen LogP contribution in [-0.2, 0) is 27.4 Å². The Hall–Kier alpha value is -3.15. The van der Waals surface area contributed by atoms with E-state index in [0.29, 0.717) is 25.2 Å². The minimum atomic E-state index is -0.535. The molecule has 1 aliphatic rings. The van der Waals surface area contributed by atoms with Crippen LogP contribution in [0.1, 0.15) is 33.7 Å². The number of esters is 1. The fourth-order valence-corrected chi connectivity index (χ4v) is 3.71. The number of ether oxygens (including phenoxy) is 1. The van der Waals surface area contributed by atoms with Gasteiger partial charge in [0.25, 0.3) is 0 Å². The molecule has 6 nitrogen and oxygen atoms in total. The van der Waals surface area contributed by atoms with Gasteiger partial charge in [0.1, 0.15) is 0 Å². The summed E-state index contributed by atoms with van der Waals surface area (Å²) in [5.74, 6) is -1.35. The molecule has 1 aliphatic heterocycles. The predicted molar refractivity (Wildman–Crippen MR) is 109 cm³/mol. The summed E-state index contributed by atoms with van der Waals surface area (Å²) in [5, 5.41) is 0. The van der Waals surface area contributed by atoms with Gasteiger partial charge in [-0.25, -0.2) is 0 Å². The van der Waals surface area contributed by atoms with Crippen molar-refractivity contribution in [3.05, 3.63) is 71.6 Å². The molecule has 3 rings (SSSR count). The van der Waals surface area contributed by atoms with Crippen LogP contribution in [0.15, 0.2) is 49.1 Å². The first-order valence-electron chi connectivity index (χ1n) is 9.70.